The van der Waals surface area contributed by atoms with Crippen molar-refractivity contribution >= 4 is 23.2 Å². The average molecular weight is 223 g/mol. The van der Waals surface area contributed by atoms with E-state index < -0.39 is 5.82 Å². The highest BCUT2D eigenvalue weighted by molar-refractivity contribution is 6.33. The Hall–Kier alpha value is -0.310. The quantitative estimate of drug-likeness (QED) is 0.780. The smallest absolute Gasteiger partial charge is 0.143 e. The third-order valence-electron chi connectivity index (χ3n) is 1.69. The monoisotopic (exact) mass is 222 g/mol. The Kier molecular flexibility index (Phi) is 3.97. The summed E-state index contributed by atoms with van der Waals surface area (Å²) in [6.07, 6.45) is 1.21. The Morgan fingerprint density at radius 3 is 2.54 bits per heavy atom. The highest BCUT2D eigenvalue weighted by atomic mass is 35.5. The normalized spacial score (nSPS) is 10.5. The Bertz CT molecular complexity index is 302. The Labute approximate surface area is 86.1 Å². The summed E-state index contributed by atoms with van der Waals surface area (Å²) >= 11 is 11.3. The fraction of sp³-hybridized carbons (Fsp3) is 0.333. The van der Waals surface area contributed by atoms with Crippen LogP contribution >= 0.6 is 23.2 Å². The molecule has 0 saturated heterocycles. The second-order valence-electron chi connectivity index (χ2n) is 2.68. The largest absolute Gasteiger partial charge is 0.396 e. The summed E-state index contributed by atoms with van der Waals surface area (Å²) in [6.45, 7) is 0.0886. The molecule has 0 amide bonds. The molecule has 0 heterocycles. The van der Waals surface area contributed by atoms with E-state index in [9.17, 15) is 4.39 Å². The molecular formula is C9H9Cl2FO. The van der Waals surface area contributed by atoms with Crippen LogP contribution in [0.4, 0.5) is 4.39 Å². The third kappa shape index (κ3) is 2.83. The van der Waals surface area contributed by atoms with Crippen LogP contribution in [0.5, 0.6) is 0 Å². The van der Waals surface area contributed by atoms with Crippen LogP contribution in [0.25, 0.3) is 0 Å². The molecule has 0 saturated carbocycles. The Morgan fingerprint density at radius 2 is 1.92 bits per heavy atom. The zero-order chi connectivity index (χ0) is 9.84. The first-order valence-corrected chi connectivity index (χ1v) is 4.65. The standard InChI is InChI=1S/C9H9Cl2FO/c10-7-5-9(12)8(11)4-6(7)2-1-3-13/h4-5,13H,1-3H2. The summed E-state index contributed by atoms with van der Waals surface area (Å²) < 4.78 is 12.8. The first kappa shape index (κ1) is 10.8. The number of aliphatic hydroxyl groups is 1. The van der Waals surface area contributed by atoms with Crippen LogP contribution in [0.1, 0.15) is 12.0 Å². The van der Waals surface area contributed by atoms with Crippen molar-refractivity contribution in [3.05, 3.63) is 33.6 Å². The lowest BCUT2D eigenvalue weighted by Crippen LogP contribution is -1.92. The summed E-state index contributed by atoms with van der Waals surface area (Å²) in [6, 6.07) is 2.69. The lowest BCUT2D eigenvalue weighted by Gasteiger charge is -2.04. The van der Waals surface area contributed by atoms with E-state index in [-0.39, 0.29) is 11.6 Å². The van der Waals surface area contributed by atoms with E-state index in [1.165, 1.54) is 12.1 Å². The van der Waals surface area contributed by atoms with Crippen molar-refractivity contribution in [3.63, 3.8) is 0 Å². The summed E-state index contributed by atoms with van der Waals surface area (Å²) in [4.78, 5) is 0. The van der Waals surface area contributed by atoms with Crippen LogP contribution in [-0.4, -0.2) is 11.7 Å². The molecule has 72 valence electrons. The van der Waals surface area contributed by atoms with Gasteiger partial charge in [-0.1, -0.05) is 23.2 Å². The van der Waals surface area contributed by atoms with Crippen LogP contribution in [0.15, 0.2) is 12.1 Å². The molecule has 0 aromatic heterocycles. The highest BCUT2D eigenvalue weighted by Gasteiger charge is 2.06. The van der Waals surface area contributed by atoms with E-state index in [1.807, 2.05) is 0 Å². The number of aliphatic hydroxyl groups excluding tert-OH is 1. The summed E-state index contributed by atoms with van der Waals surface area (Å²) in [7, 11) is 0. The highest BCUT2D eigenvalue weighted by Crippen LogP contribution is 2.24. The van der Waals surface area contributed by atoms with Crippen LogP contribution in [0.2, 0.25) is 10.0 Å². The fourth-order valence-corrected chi connectivity index (χ4v) is 1.46. The molecule has 0 aliphatic rings. The van der Waals surface area contributed by atoms with Gasteiger partial charge in [0.05, 0.1) is 5.02 Å². The number of halogens is 3. The molecule has 4 heteroatoms. The van der Waals surface area contributed by atoms with Gasteiger partial charge in [0.15, 0.2) is 0 Å². The SMILES string of the molecule is OCCCc1cc(Cl)c(F)cc1Cl. The van der Waals surface area contributed by atoms with Crippen molar-refractivity contribution in [2.24, 2.45) is 0 Å². The predicted molar refractivity (Wildman–Crippen MR) is 51.8 cm³/mol. The molecule has 13 heavy (non-hydrogen) atoms. The fourth-order valence-electron chi connectivity index (χ4n) is 1.02. The molecule has 1 nitrogen and oxygen atoms in total. The molecule has 1 rings (SSSR count). The third-order valence-corrected chi connectivity index (χ3v) is 2.34. The van der Waals surface area contributed by atoms with Crippen molar-refractivity contribution in [1.29, 1.82) is 0 Å². The molecular weight excluding hydrogens is 214 g/mol. The van der Waals surface area contributed by atoms with Crippen LogP contribution in [-0.2, 0) is 6.42 Å². The molecule has 1 aromatic carbocycles. The van der Waals surface area contributed by atoms with Gasteiger partial charge in [0.2, 0.25) is 0 Å². The number of hydrogen-bond donors (Lipinski definition) is 1. The summed E-state index contributed by atoms with van der Waals surface area (Å²) in [5.41, 5.74) is 0.766. The van der Waals surface area contributed by atoms with E-state index in [2.05, 4.69) is 0 Å². The van der Waals surface area contributed by atoms with Gasteiger partial charge in [-0.15, -0.1) is 0 Å². The van der Waals surface area contributed by atoms with E-state index >= 15 is 0 Å². The van der Waals surface area contributed by atoms with Crippen molar-refractivity contribution in [2.45, 2.75) is 12.8 Å². The second-order valence-corrected chi connectivity index (χ2v) is 3.50. The lowest BCUT2D eigenvalue weighted by atomic mass is 10.1. The molecule has 1 aromatic rings. The van der Waals surface area contributed by atoms with Gasteiger partial charge in [0.1, 0.15) is 5.82 Å². The molecule has 0 spiro atoms. The van der Waals surface area contributed by atoms with Crippen molar-refractivity contribution < 1.29 is 9.50 Å². The summed E-state index contributed by atoms with van der Waals surface area (Å²) in [5.74, 6) is -0.514. The average Bonchev–Trinajstić information content (AvgIpc) is 2.09. The predicted octanol–water partition coefficient (Wildman–Crippen LogP) is 3.06. The van der Waals surface area contributed by atoms with Crippen molar-refractivity contribution in [3.8, 4) is 0 Å². The number of rotatable bonds is 3. The van der Waals surface area contributed by atoms with Gasteiger partial charge in [-0.25, -0.2) is 4.39 Å². The molecule has 0 bridgehead atoms. The molecule has 1 N–H and O–H groups in total. The van der Waals surface area contributed by atoms with Gasteiger partial charge in [0, 0.05) is 11.6 Å². The first-order chi connectivity index (χ1) is 6.15. The van der Waals surface area contributed by atoms with Gasteiger partial charge in [0.25, 0.3) is 0 Å². The molecule has 0 fully saturated rings. The van der Waals surface area contributed by atoms with Crippen molar-refractivity contribution in [2.75, 3.05) is 6.61 Å². The van der Waals surface area contributed by atoms with Crippen LogP contribution in [0.3, 0.4) is 0 Å². The maximum atomic E-state index is 12.8. The van der Waals surface area contributed by atoms with Crippen molar-refractivity contribution in [1.82, 2.24) is 0 Å². The molecule has 0 radical (unpaired) electrons. The Balaban J connectivity index is 2.88. The number of hydrogen-bond acceptors (Lipinski definition) is 1. The maximum absolute atomic E-state index is 12.8. The zero-order valence-electron chi connectivity index (χ0n) is 6.86. The van der Waals surface area contributed by atoms with E-state index in [0.717, 1.165) is 5.56 Å². The van der Waals surface area contributed by atoms with Gasteiger partial charge in [-0.3, -0.25) is 0 Å². The molecule has 0 aliphatic carbocycles. The minimum Gasteiger partial charge on any atom is -0.396 e. The van der Waals surface area contributed by atoms with Gasteiger partial charge in [-0.2, -0.15) is 0 Å². The molecule has 0 unspecified atom stereocenters. The first-order valence-electron chi connectivity index (χ1n) is 3.89. The zero-order valence-corrected chi connectivity index (χ0v) is 8.37. The van der Waals surface area contributed by atoms with E-state index in [4.69, 9.17) is 28.3 Å². The van der Waals surface area contributed by atoms with E-state index in [1.54, 1.807) is 0 Å². The minimum atomic E-state index is -0.514. The lowest BCUT2D eigenvalue weighted by molar-refractivity contribution is 0.288. The van der Waals surface area contributed by atoms with Gasteiger partial charge >= 0.3 is 0 Å². The summed E-state index contributed by atoms with van der Waals surface area (Å²) in [5, 5.41) is 9.02. The van der Waals surface area contributed by atoms with Gasteiger partial charge in [-0.05, 0) is 30.5 Å². The molecule has 0 aliphatic heterocycles. The topological polar surface area (TPSA) is 20.2 Å². The number of aryl methyl sites for hydroxylation is 1. The number of benzene rings is 1. The minimum absolute atomic E-state index is 0.0670. The molecule has 0 atom stereocenters. The van der Waals surface area contributed by atoms with Crippen LogP contribution in [0, 0.1) is 5.82 Å². The van der Waals surface area contributed by atoms with Crippen LogP contribution < -0.4 is 0 Å². The second kappa shape index (κ2) is 4.80. The van der Waals surface area contributed by atoms with E-state index in [0.29, 0.717) is 17.9 Å². The van der Waals surface area contributed by atoms with Gasteiger partial charge < -0.3 is 5.11 Å². The Morgan fingerprint density at radius 1 is 1.23 bits per heavy atom. The maximum Gasteiger partial charge on any atom is 0.143 e.